The molecular weight excluding hydrogens is 309 g/mol. The first-order chi connectivity index (χ1) is 11.0. The fourth-order valence-electron chi connectivity index (χ4n) is 2.06. The molecule has 1 aliphatic carbocycles. The van der Waals surface area contributed by atoms with Gasteiger partial charge in [-0.2, -0.15) is 19.0 Å². The molecule has 1 aromatic heterocycles. The van der Waals surface area contributed by atoms with Crippen molar-refractivity contribution in [2.24, 2.45) is 0 Å². The molecule has 2 aromatic rings. The van der Waals surface area contributed by atoms with Crippen molar-refractivity contribution in [2.75, 3.05) is 5.32 Å². The van der Waals surface area contributed by atoms with Crippen molar-refractivity contribution in [1.29, 1.82) is 0 Å². The molecule has 1 aliphatic rings. The molecule has 23 heavy (non-hydrogen) atoms. The number of alkyl halides is 2. The molecule has 0 atom stereocenters. The highest BCUT2D eigenvalue weighted by Crippen LogP contribution is 2.35. The van der Waals surface area contributed by atoms with Crippen LogP contribution in [0.1, 0.15) is 28.8 Å². The van der Waals surface area contributed by atoms with Crippen LogP contribution in [0.5, 0.6) is 0 Å². The summed E-state index contributed by atoms with van der Waals surface area (Å²) in [6, 6.07) is 0.567. The summed E-state index contributed by atoms with van der Waals surface area (Å²) in [5, 5.41) is 11.4. The van der Waals surface area contributed by atoms with E-state index in [1.807, 2.05) is 0 Å². The molecule has 1 saturated carbocycles. The Morgan fingerprint density at radius 1 is 1.22 bits per heavy atom. The van der Waals surface area contributed by atoms with Gasteiger partial charge in [0.25, 0.3) is 5.91 Å². The number of anilines is 1. The van der Waals surface area contributed by atoms with Crippen molar-refractivity contribution in [3.63, 3.8) is 0 Å². The van der Waals surface area contributed by atoms with E-state index in [1.165, 1.54) is 12.3 Å². The third kappa shape index (κ3) is 3.58. The largest absolute Gasteiger partial charge is 0.382 e. The van der Waals surface area contributed by atoms with Crippen LogP contribution < -0.4 is 10.6 Å². The number of carbonyl (C=O) groups is 1. The summed E-state index contributed by atoms with van der Waals surface area (Å²) in [5.74, 6) is -1.62. The highest BCUT2D eigenvalue weighted by atomic mass is 19.3. The Hall–Kier alpha value is -2.64. The minimum Gasteiger partial charge on any atom is -0.382 e. The quantitative estimate of drug-likeness (QED) is 0.831. The second-order valence-corrected chi connectivity index (χ2v) is 5.27. The van der Waals surface area contributed by atoms with Crippen LogP contribution in [0, 0.1) is 5.82 Å². The molecule has 1 heterocycles. The van der Waals surface area contributed by atoms with E-state index in [1.54, 1.807) is 5.32 Å². The Balaban J connectivity index is 1.85. The van der Waals surface area contributed by atoms with Crippen molar-refractivity contribution < 1.29 is 18.0 Å². The summed E-state index contributed by atoms with van der Waals surface area (Å²) in [6.07, 6.45) is 4.00. The van der Waals surface area contributed by atoms with Gasteiger partial charge in [-0.3, -0.25) is 10.1 Å². The maximum Gasteiger partial charge on any atom is 0.354 e. The normalized spacial score (nSPS) is 14.4. The van der Waals surface area contributed by atoms with Crippen LogP contribution in [0.3, 0.4) is 0 Å². The van der Waals surface area contributed by atoms with Crippen molar-refractivity contribution in [1.82, 2.24) is 15.5 Å². The summed E-state index contributed by atoms with van der Waals surface area (Å²) in [4.78, 5) is 11.9. The van der Waals surface area contributed by atoms with Gasteiger partial charge in [-0.15, -0.1) is 0 Å². The number of aromatic nitrogens is 2. The first-order valence-corrected chi connectivity index (χ1v) is 6.99. The third-order valence-electron chi connectivity index (χ3n) is 3.37. The number of hydrogen-bond donors (Lipinski definition) is 2. The molecule has 8 heteroatoms. The lowest BCUT2D eigenvalue weighted by Gasteiger charge is -2.21. The molecule has 1 amide bonds. The van der Waals surface area contributed by atoms with Gasteiger partial charge >= 0.3 is 6.05 Å². The molecule has 5 nitrogen and oxygen atoms in total. The topological polar surface area (TPSA) is 66.9 Å². The van der Waals surface area contributed by atoms with Crippen molar-refractivity contribution in [2.45, 2.75) is 24.9 Å². The number of rotatable bonds is 5. The van der Waals surface area contributed by atoms with Gasteiger partial charge in [-0.25, -0.2) is 4.39 Å². The Labute approximate surface area is 129 Å². The lowest BCUT2D eigenvalue weighted by atomic mass is 10.1. The summed E-state index contributed by atoms with van der Waals surface area (Å²) < 4.78 is 42.2. The smallest absolute Gasteiger partial charge is 0.354 e. The van der Waals surface area contributed by atoms with Crippen LogP contribution in [-0.2, 0) is 6.05 Å². The molecule has 1 aromatic carbocycles. The second-order valence-electron chi connectivity index (χ2n) is 5.27. The zero-order valence-corrected chi connectivity index (χ0v) is 11.9. The number of nitrogens with zero attached hydrogens (tertiary/aromatic N) is 2. The highest BCUT2D eigenvalue weighted by Gasteiger charge is 2.37. The van der Waals surface area contributed by atoms with Gasteiger partial charge in [0.2, 0.25) is 0 Å². The first kappa shape index (κ1) is 15.3. The minimum absolute atomic E-state index is 0.0225. The number of nitrogens with one attached hydrogen (secondary N) is 2. The number of hydrogen-bond acceptors (Lipinski definition) is 4. The van der Waals surface area contributed by atoms with Gasteiger partial charge in [0.05, 0.1) is 23.5 Å². The predicted octanol–water partition coefficient (Wildman–Crippen LogP) is 2.67. The van der Waals surface area contributed by atoms with Crippen LogP contribution in [0.25, 0.3) is 0 Å². The van der Waals surface area contributed by atoms with E-state index >= 15 is 0 Å². The maximum atomic E-state index is 14.4. The van der Waals surface area contributed by atoms with Gasteiger partial charge < -0.3 is 5.32 Å². The van der Waals surface area contributed by atoms with Gasteiger partial charge in [-0.1, -0.05) is 0 Å². The molecule has 0 unspecified atom stereocenters. The number of benzene rings is 1. The molecule has 120 valence electrons. The molecule has 1 fully saturated rings. The predicted molar refractivity (Wildman–Crippen MR) is 76.4 cm³/mol. The van der Waals surface area contributed by atoms with Gasteiger partial charge in [0, 0.05) is 11.7 Å². The average Bonchev–Trinajstić information content (AvgIpc) is 3.31. The fourth-order valence-corrected chi connectivity index (χ4v) is 2.06. The zero-order valence-electron chi connectivity index (χ0n) is 11.9. The number of amides is 1. The molecule has 2 N–H and O–H groups in total. The van der Waals surface area contributed by atoms with E-state index in [2.05, 4.69) is 15.5 Å². The molecule has 0 aliphatic heterocycles. The molecule has 0 saturated heterocycles. The summed E-state index contributed by atoms with van der Waals surface area (Å²) >= 11 is 0. The van der Waals surface area contributed by atoms with E-state index in [4.69, 9.17) is 0 Å². The number of halogens is 3. The fraction of sp³-hybridized carbons (Fsp3) is 0.267. The van der Waals surface area contributed by atoms with E-state index in [0.29, 0.717) is 0 Å². The van der Waals surface area contributed by atoms with Crippen LogP contribution >= 0.6 is 0 Å². The Morgan fingerprint density at radius 2 is 2.00 bits per heavy atom. The van der Waals surface area contributed by atoms with E-state index in [-0.39, 0.29) is 17.3 Å². The summed E-state index contributed by atoms with van der Waals surface area (Å²) in [7, 11) is 0. The van der Waals surface area contributed by atoms with E-state index in [0.717, 1.165) is 37.2 Å². The highest BCUT2D eigenvalue weighted by molar-refractivity contribution is 5.94. The Bertz CT molecular complexity index is 720. The first-order valence-electron chi connectivity index (χ1n) is 6.99. The number of carbonyl (C=O) groups excluding carboxylic acids is 1. The molecule has 3 rings (SSSR count). The van der Waals surface area contributed by atoms with Crippen molar-refractivity contribution >= 4 is 11.6 Å². The van der Waals surface area contributed by atoms with E-state index in [9.17, 15) is 18.0 Å². The average molecular weight is 322 g/mol. The van der Waals surface area contributed by atoms with Crippen LogP contribution in [0.4, 0.5) is 18.9 Å². The van der Waals surface area contributed by atoms with Gasteiger partial charge in [0.1, 0.15) is 5.82 Å². The molecular formula is C15H13F3N4O. The SMILES string of the molecule is O=C(NC(F)(F)c1ccc(F)cc1NC1CC1)c1ccnnc1. The van der Waals surface area contributed by atoms with Gasteiger partial charge in [-0.05, 0) is 37.1 Å². The monoisotopic (exact) mass is 322 g/mol. The molecule has 0 bridgehead atoms. The maximum absolute atomic E-state index is 14.4. The third-order valence-corrected chi connectivity index (χ3v) is 3.37. The van der Waals surface area contributed by atoms with Gasteiger partial charge in [0.15, 0.2) is 0 Å². The molecule has 0 radical (unpaired) electrons. The Kier molecular flexibility index (Phi) is 3.89. The lowest BCUT2D eigenvalue weighted by molar-refractivity contribution is -0.0327. The zero-order chi connectivity index (χ0) is 16.4. The van der Waals surface area contributed by atoms with Crippen molar-refractivity contribution in [3.05, 3.63) is 53.6 Å². The van der Waals surface area contributed by atoms with Crippen molar-refractivity contribution in [3.8, 4) is 0 Å². The second kappa shape index (κ2) is 5.86. The van der Waals surface area contributed by atoms with Crippen LogP contribution in [-0.4, -0.2) is 22.1 Å². The summed E-state index contributed by atoms with van der Waals surface area (Å²) in [6.45, 7) is 0. The minimum atomic E-state index is -3.66. The standard InChI is InChI=1S/C15H13F3N4O/c16-10-1-4-12(13(7-10)21-11-2-3-11)15(17,18)22-14(23)9-5-6-19-20-8-9/h1,4-8,11,21H,2-3H2,(H,22,23). The summed E-state index contributed by atoms with van der Waals surface area (Å²) in [5.41, 5.74) is -0.551. The Morgan fingerprint density at radius 3 is 2.65 bits per heavy atom. The molecule has 0 spiro atoms. The lowest BCUT2D eigenvalue weighted by Crippen LogP contribution is -2.39. The van der Waals surface area contributed by atoms with Crippen LogP contribution in [0.2, 0.25) is 0 Å². The van der Waals surface area contributed by atoms with E-state index < -0.39 is 23.3 Å². The van der Waals surface area contributed by atoms with Crippen LogP contribution in [0.15, 0.2) is 36.7 Å².